The molecular weight excluding hydrogens is 324 g/mol. The lowest BCUT2D eigenvalue weighted by atomic mass is 9.95. The summed E-state index contributed by atoms with van der Waals surface area (Å²) in [7, 11) is 0. The van der Waals surface area contributed by atoms with Crippen LogP contribution in [-0.2, 0) is 22.5 Å². The third-order valence-electron chi connectivity index (χ3n) is 3.10. The molecule has 0 saturated carbocycles. The molecule has 0 saturated heterocycles. The van der Waals surface area contributed by atoms with Gasteiger partial charge < -0.3 is 9.11 Å². The van der Waals surface area contributed by atoms with Gasteiger partial charge in [0.1, 0.15) is 0 Å². The monoisotopic (exact) mass is 338 g/mol. The highest BCUT2D eigenvalue weighted by Gasteiger charge is 2.24. The maximum atomic E-state index is 11.1. The second-order valence-corrected chi connectivity index (χ2v) is 5.89. The van der Waals surface area contributed by atoms with Gasteiger partial charge in [0.25, 0.3) is 0 Å². The second kappa shape index (κ2) is 8.28. The molecule has 6 nitrogen and oxygen atoms in total. The first kappa shape index (κ1) is 16.9. The predicted molar refractivity (Wildman–Crippen MR) is 82.5 cm³/mol. The van der Waals surface area contributed by atoms with E-state index >= 15 is 0 Å². The minimum absolute atomic E-state index is 0.651. The molecule has 0 aliphatic heterocycles. The number of nitrogens with one attached hydrogen (secondary N) is 2. The van der Waals surface area contributed by atoms with Gasteiger partial charge in [0, 0.05) is 22.5 Å². The van der Waals surface area contributed by atoms with E-state index in [-0.39, 0.29) is 0 Å². The van der Waals surface area contributed by atoms with Crippen molar-refractivity contribution >= 4 is 22.5 Å². The lowest BCUT2D eigenvalue weighted by Gasteiger charge is -2.31. The zero-order valence-electron chi connectivity index (χ0n) is 11.4. The maximum absolute atomic E-state index is 11.1. The van der Waals surface area contributed by atoms with Crippen molar-refractivity contribution in [2.75, 3.05) is 0 Å². The number of hydrogen-bond acceptors (Lipinski definition) is 4. The molecule has 0 fully saturated rings. The molecule has 0 heterocycles. The lowest BCUT2D eigenvalue weighted by Crippen LogP contribution is -2.37. The highest BCUT2D eigenvalue weighted by Crippen LogP contribution is 2.29. The Balaban J connectivity index is 2.43. The van der Waals surface area contributed by atoms with Crippen molar-refractivity contribution < 1.29 is 17.5 Å². The quantitative estimate of drug-likeness (QED) is 0.741. The van der Waals surface area contributed by atoms with E-state index in [4.69, 9.17) is 0 Å². The molecule has 0 spiro atoms. The summed E-state index contributed by atoms with van der Waals surface area (Å²) >= 11 is -5.09. The highest BCUT2D eigenvalue weighted by molar-refractivity contribution is 7.77. The van der Waals surface area contributed by atoms with Crippen LogP contribution in [0.4, 0.5) is 0 Å². The maximum Gasteiger partial charge on any atom is 0.0637 e. The van der Waals surface area contributed by atoms with Gasteiger partial charge in [-0.3, -0.25) is 8.42 Å². The summed E-state index contributed by atoms with van der Waals surface area (Å²) in [5.74, 6) is 0. The summed E-state index contributed by atoms with van der Waals surface area (Å²) in [6.07, 6.45) is 0. The Labute approximate surface area is 133 Å². The van der Waals surface area contributed by atoms with Crippen LogP contribution in [0, 0.1) is 0 Å². The van der Waals surface area contributed by atoms with Crippen LogP contribution < -0.4 is 9.44 Å². The third kappa shape index (κ3) is 4.80. The Morgan fingerprint density at radius 2 is 1.00 bits per heavy atom. The van der Waals surface area contributed by atoms with E-state index in [0.29, 0.717) is 11.1 Å². The van der Waals surface area contributed by atoms with Gasteiger partial charge in [-0.2, -0.15) is 0 Å². The Morgan fingerprint density at radius 1 is 0.682 bits per heavy atom. The molecule has 2 N–H and O–H groups in total. The van der Waals surface area contributed by atoms with Crippen molar-refractivity contribution in [1.29, 1.82) is 0 Å². The van der Waals surface area contributed by atoms with Crippen LogP contribution >= 0.6 is 0 Å². The number of hydrogen-bond donors (Lipinski definition) is 2. The fraction of sp³-hybridized carbons (Fsp3) is 0.143. The van der Waals surface area contributed by atoms with Crippen molar-refractivity contribution in [2.24, 2.45) is 0 Å². The fourth-order valence-electron chi connectivity index (χ4n) is 2.19. The van der Waals surface area contributed by atoms with Crippen LogP contribution in [0.5, 0.6) is 0 Å². The van der Waals surface area contributed by atoms with Crippen LogP contribution in [0.3, 0.4) is 0 Å². The fourth-order valence-corrected chi connectivity index (χ4v) is 3.14. The summed E-state index contributed by atoms with van der Waals surface area (Å²) in [4.78, 5) is 0. The van der Waals surface area contributed by atoms with E-state index in [1.807, 2.05) is 0 Å². The third-order valence-corrected chi connectivity index (χ3v) is 3.99. The van der Waals surface area contributed by atoms with Crippen molar-refractivity contribution in [2.45, 2.75) is 12.1 Å². The van der Waals surface area contributed by atoms with Gasteiger partial charge in [-0.1, -0.05) is 60.7 Å². The molecule has 0 aliphatic carbocycles. The average Bonchev–Trinajstić information content (AvgIpc) is 2.52. The van der Waals surface area contributed by atoms with Crippen LogP contribution in [0.1, 0.15) is 23.2 Å². The Bertz CT molecular complexity index is 582. The molecule has 2 aromatic rings. The van der Waals surface area contributed by atoms with Gasteiger partial charge in [-0.25, -0.2) is 9.44 Å². The molecule has 2 unspecified atom stereocenters. The van der Waals surface area contributed by atoms with Gasteiger partial charge >= 0.3 is 0 Å². The van der Waals surface area contributed by atoms with E-state index in [9.17, 15) is 17.5 Å². The first-order valence-corrected chi connectivity index (χ1v) is 8.53. The first-order valence-electron chi connectivity index (χ1n) is 6.38. The smallest absolute Gasteiger partial charge is 0.0637 e. The molecule has 22 heavy (non-hydrogen) atoms. The minimum Gasteiger partial charge on any atom is -0.760 e. The molecular formula is C14H14N2O4S2-2. The van der Waals surface area contributed by atoms with Gasteiger partial charge in [-0.15, -0.1) is 0 Å². The molecule has 4 atom stereocenters. The highest BCUT2D eigenvalue weighted by atomic mass is 32.2. The standard InChI is InChI=1S/C14H16N2O4S2/c17-21(18)15-13(11-7-3-1-4-8-11)14(16-22(19)20)12-9-5-2-6-10-12/h1-10,13-16H,(H,17,18)(H,19,20)/p-2/t13-,14-/m0/s1. The van der Waals surface area contributed by atoms with Crippen molar-refractivity contribution in [3.05, 3.63) is 71.8 Å². The van der Waals surface area contributed by atoms with Crippen LogP contribution in [0.15, 0.2) is 60.7 Å². The molecule has 0 aliphatic rings. The Morgan fingerprint density at radius 3 is 1.27 bits per heavy atom. The van der Waals surface area contributed by atoms with Crippen LogP contribution in [-0.4, -0.2) is 17.5 Å². The van der Waals surface area contributed by atoms with E-state index < -0.39 is 34.6 Å². The molecule has 0 bridgehead atoms. The van der Waals surface area contributed by atoms with Crippen LogP contribution in [0.2, 0.25) is 0 Å². The van der Waals surface area contributed by atoms with E-state index in [1.54, 1.807) is 60.7 Å². The number of rotatable bonds is 7. The summed E-state index contributed by atoms with van der Waals surface area (Å²) in [6, 6.07) is 16.0. The first-order chi connectivity index (χ1) is 10.6. The second-order valence-electron chi connectivity index (χ2n) is 4.48. The van der Waals surface area contributed by atoms with Crippen molar-refractivity contribution in [1.82, 2.24) is 9.44 Å². The van der Waals surface area contributed by atoms with Gasteiger partial charge in [-0.05, 0) is 11.1 Å². The Kier molecular flexibility index (Phi) is 6.37. The normalized spacial score (nSPS) is 16.6. The molecule has 0 aromatic heterocycles. The minimum atomic E-state index is -2.55. The van der Waals surface area contributed by atoms with E-state index in [0.717, 1.165) is 0 Å². The molecule has 0 amide bonds. The Hall–Kier alpha value is -1.42. The number of benzene rings is 2. The van der Waals surface area contributed by atoms with Crippen molar-refractivity contribution in [3.63, 3.8) is 0 Å². The topological polar surface area (TPSA) is 104 Å². The molecule has 118 valence electrons. The zero-order chi connectivity index (χ0) is 15.9. The molecule has 2 aromatic carbocycles. The summed E-state index contributed by atoms with van der Waals surface area (Å²) in [5.41, 5.74) is 1.30. The molecule has 8 heteroatoms. The van der Waals surface area contributed by atoms with Gasteiger partial charge in [0.2, 0.25) is 0 Å². The van der Waals surface area contributed by atoms with E-state index in [2.05, 4.69) is 9.44 Å². The largest absolute Gasteiger partial charge is 0.760 e. The predicted octanol–water partition coefficient (Wildman–Crippen LogP) is 1.24. The molecule has 0 radical (unpaired) electrons. The lowest BCUT2D eigenvalue weighted by molar-refractivity contribution is 0.441. The van der Waals surface area contributed by atoms with Gasteiger partial charge in [0.05, 0.1) is 12.1 Å². The SMILES string of the molecule is O=S([O-])N[C@@H](c1ccccc1)[C@@H](NS(=O)[O-])c1ccccc1. The average molecular weight is 338 g/mol. The van der Waals surface area contributed by atoms with Gasteiger partial charge in [0.15, 0.2) is 0 Å². The summed E-state index contributed by atoms with van der Waals surface area (Å²) in [6.45, 7) is 0. The van der Waals surface area contributed by atoms with E-state index in [1.165, 1.54) is 0 Å². The summed E-state index contributed by atoms with van der Waals surface area (Å²) < 4.78 is 49.2. The molecule has 2 rings (SSSR count). The van der Waals surface area contributed by atoms with Crippen molar-refractivity contribution in [3.8, 4) is 0 Å². The summed E-state index contributed by atoms with van der Waals surface area (Å²) in [5, 5.41) is 0. The zero-order valence-corrected chi connectivity index (χ0v) is 13.0. The van der Waals surface area contributed by atoms with Crippen LogP contribution in [0.25, 0.3) is 0 Å².